The predicted molar refractivity (Wildman–Crippen MR) is 68.5 cm³/mol. The second-order valence-corrected chi connectivity index (χ2v) is 5.46. The number of para-hydroxylation sites is 1. The average Bonchev–Trinajstić information content (AvgIpc) is 2.98. The van der Waals surface area contributed by atoms with Crippen LogP contribution in [0.15, 0.2) is 24.3 Å². The minimum Gasteiger partial charge on any atom is -0.480 e. The smallest absolute Gasteiger partial charge is 0.319 e. The lowest BCUT2D eigenvalue weighted by Crippen LogP contribution is -2.29. The first kappa shape index (κ1) is 12.0. The number of hydrogen-bond donors (Lipinski definition) is 3. The van der Waals surface area contributed by atoms with E-state index in [2.05, 4.69) is 10.3 Å². The number of benzene rings is 1. The van der Waals surface area contributed by atoms with Crippen LogP contribution in [0.25, 0.3) is 10.9 Å². The molecule has 2 atom stereocenters. The molecule has 7 heteroatoms. The predicted octanol–water partition coefficient (Wildman–Crippen LogP) is 1.56. The number of H-pyrrole nitrogens is 1. The summed E-state index contributed by atoms with van der Waals surface area (Å²) in [5, 5.41) is 10.9. The van der Waals surface area contributed by atoms with Gasteiger partial charge in [0.1, 0.15) is 16.8 Å². The van der Waals surface area contributed by atoms with Crippen LogP contribution in [-0.4, -0.2) is 32.6 Å². The first-order valence-corrected chi connectivity index (χ1v) is 6.47. The monoisotopic (exact) mass is 280 g/mol. The van der Waals surface area contributed by atoms with Gasteiger partial charge >= 0.3 is 5.97 Å². The van der Waals surface area contributed by atoms with E-state index in [1.54, 1.807) is 12.1 Å². The molecule has 1 fully saturated rings. The molecule has 98 valence electrons. The second kappa shape index (κ2) is 4.27. The summed E-state index contributed by atoms with van der Waals surface area (Å²) in [5.41, 5.74) is 0.489. The number of amides is 1. The Morgan fingerprint density at radius 3 is 2.84 bits per heavy atom. The summed E-state index contributed by atoms with van der Waals surface area (Å²) < 4.78 is 13.5. The van der Waals surface area contributed by atoms with Crippen LogP contribution >= 0.6 is 11.8 Å². The van der Waals surface area contributed by atoms with Crippen LogP contribution < -0.4 is 5.32 Å². The highest BCUT2D eigenvalue weighted by Gasteiger charge is 2.45. The molecule has 1 amide bonds. The van der Waals surface area contributed by atoms with Gasteiger partial charge in [-0.25, -0.2) is 4.39 Å². The summed E-state index contributed by atoms with van der Waals surface area (Å²) in [6.45, 7) is 0. The topological polar surface area (TPSA) is 82.2 Å². The number of thioether (sulfide) groups is 1. The number of carbonyl (C=O) groups excluding carboxylic acids is 1. The summed E-state index contributed by atoms with van der Waals surface area (Å²) in [7, 11) is 0. The van der Waals surface area contributed by atoms with Gasteiger partial charge in [-0.05, 0) is 12.1 Å². The van der Waals surface area contributed by atoms with Crippen LogP contribution in [-0.2, 0) is 4.79 Å². The summed E-state index contributed by atoms with van der Waals surface area (Å²) in [4.78, 5) is 25.2. The fourth-order valence-electron chi connectivity index (χ4n) is 1.86. The minimum absolute atomic E-state index is 0.219. The summed E-state index contributed by atoms with van der Waals surface area (Å²) in [5.74, 6) is -1.81. The van der Waals surface area contributed by atoms with Gasteiger partial charge in [-0.3, -0.25) is 9.59 Å². The Morgan fingerprint density at radius 1 is 1.42 bits per heavy atom. The summed E-state index contributed by atoms with van der Waals surface area (Å²) >= 11 is 1.16. The molecule has 2 unspecified atom stereocenters. The number of carboxylic acids is 1. The van der Waals surface area contributed by atoms with E-state index in [-0.39, 0.29) is 11.2 Å². The highest BCUT2D eigenvalue weighted by molar-refractivity contribution is 8.08. The molecule has 2 heterocycles. The van der Waals surface area contributed by atoms with E-state index in [0.29, 0.717) is 5.39 Å². The Labute approximate surface area is 111 Å². The molecule has 1 aromatic heterocycles. The van der Waals surface area contributed by atoms with Crippen LogP contribution in [0.2, 0.25) is 0 Å². The van der Waals surface area contributed by atoms with Gasteiger partial charge in [0.25, 0.3) is 5.91 Å². The molecule has 3 N–H and O–H groups in total. The molecule has 1 aromatic carbocycles. The SMILES string of the molecule is O=C(NC1SC1C(=O)O)c1cc2cccc(F)c2[nH]1. The van der Waals surface area contributed by atoms with Crippen molar-refractivity contribution in [3.63, 3.8) is 0 Å². The van der Waals surface area contributed by atoms with Crippen molar-refractivity contribution in [2.45, 2.75) is 10.6 Å². The molecule has 1 aliphatic heterocycles. The molecule has 19 heavy (non-hydrogen) atoms. The van der Waals surface area contributed by atoms with E-state index in [0.717, 1.165) is 11.8 Å². The molecule has 1 saturated heterocycles. The quantitative estimate of drug-likeness (QED) is 0.745. The van der Waals surface area contributed by atoms with Crippen molar-refractivity contribution in [1.29, 1.82) is 0 Å². The van der Waals surface area contributed by atoms with Crippen LogP contribution in [0.3, 0.4) is 0 Å². The molecule has 0 radical (unpaired) electrons. The van der Waals surface area contributed by atoms with Gasteiger partial charge in [-0.2, -0.15) is 0 Å². The molecular weight excluding hydrogens is 271 g/mol. The maximum Gasteiger partial charge on any atom is 0.319 e. The molecule has 1 aliphatic rings. The zero-order chi connectivity index (χ0) is 13.6. The van der Waals surface area contributed by atoms with Crippen molar-refractivity contribution in [2.75, 3.05) is 0 Å². The Bertz CT molecular complexity index is 685. The van der Waals surface area contributed by atoms with Gasteiger partial charge in [0.2, 0.25) is 0 Å². The van der Waals surface area contributed by atoms with E-state index >= 15 is 0 Å². The number of nitrogens with one attached hydrogen (secondary N) is 2. The van der Waals surface area contributed by atoms with Gasteiger partial charge in [0, 0.05) is 5.39 Å². The lowest BCUT2D eigenvalue weighted by molar-refractivity contribution is -0.135. The average molecular weight is 280 g/mol. The van der Waals surface area contributed by atoms with Crippen molar-refractivity contribution in [3.05, 3.63) is 35.8 Å². The van der Waals surface area contributed by atoms with Gasteiger partial charge in [-0.1, -0.05) is 12.1 Å². The van der Waals surface area contributed by atoms with Crippen LogP contribution in [0, 0.1) is 5.82 Å². The zero-order valence-corrected chi connectivity index (χ0v) is 10.3. The van der Waals surface area contributed by atoms with Crippen molar-refractivity contribution in [3.8, 4) is 0 Å². The van der Waals surface area contributed by atoms with E-state index in [4.69, 9.17) is 5.11 Å². The highest BCUT2D eigenvalue weighted by Crippen LogP contribution is 2.39. The van der Waals surface area contributed by atoms with Crippen molar-refractivity contribution >= 4 is 34.5 Å². The Balaban J connectivity index is 1.79. The van der Waals surface area contributed by atoms with E-state index in [1.807, 2.05) is 0 Å². The maximum atomic E-state index is 13.5. The number of aromatic nitrogens is 1. The number of halogens is 1. The zero-order valence-electron chi connectivity index (χ0n) is 9.51. The number of carbonyl (C=O) groups is 2. The largest absolute Gasteiger partial charge is 0.480 e. The molecule has 0 spiro atoms. The van der Waals surface area contributed by atoms with Gasteiger partial charge in [0.15, 0.2) is 0 Å². The molecule has 3 rings (SSSR count). The number of fused-ring (bicyclic) bond motifs is 1. The Hall–Kier alpha value is -2.02. The number of rotatable bonds is 3. The molecule has 0 aliphatic carbocycles. The van der Waals surface area contributed by atoms with E-state index < -0.39 is 28.3 Å². The normalized spacial score (nSPS) is 21.3. The summed E-state index contributed by atoms with van der Waals surface area (Å²) in [6.07, 6.45) is 0. The fourth-order valence-corrected chi connectivity index (χ4v) is 2.56. The minimum atomic E-state index is -0.946. The van der Waals surface area contributed by atoms with Crippen molar-refractivity contribution in [1.82, 2.24) is 10.3 Å². The lowest BCUT2D eigenvalue weighted by Gasteiger charge is -1.99. The number of hydrogen-bond acceptors (Lipinski definition) is 3. The van der Waals surface area contributed by atoms with E-state index in [1.165, 1.54) is 12.1 Å². The number of aliphatic carboxylic acids is 1. The molecule has 5 nitrogen and oxygen atoms in total. The standard InChI is InChI=1S/C12H9FN2O3S/c13-6-3-1-2-5-4-7(14-8(5)6)10(16)15-11-9(19-11)12(17)18/h1-4,9,11,14H,(H,15,16)(H,17,18). The first-order chi connectivity index (χ1) is 9.06. The third-order valence-electron chi connectivity index (χ3n) is 2.86. The van der Waals surface area contributed by atoms with Crippen LogP contribution in [0.4, 0.5) is 4.39 Å². The van der Waals surface area contributed by atoms with Crippen molar-refractivity contribution in [2.24, 2.45) is 0 Å². The lowest BCUT2D eigenvalue weighted by atomic mass is 10.2. The maximum absolute atomic E-state index is 13.5. The molecule has 0 bridgehead atoms. The molecular formula is C12H9FN2O3S. The Morgan fingerprint density at radius 2 is 2.21 bits per heavy atom. The van der Waals surface area contributed by atoms with Crippen molar-refractivity contribution < 1.29 is 19.1 Å². The third kappa shape index (κ3) is 2.17. The van der Waals surface area contributed by atoms with Gasteiger partial charge in [0.05, 0.1) is 10.9 Å². The van der Waals surface area contributed by atoms with Gasteiger partial charge < -0.3 is 15.4 Å². The third-order valence-corrected chi connectivity index (χ3v) is 3.99. The molecule has 2 aromatic rings. The highest BCUT2D eigenvalue weighted by atomic mass is 32.2. The Kier molecular flexibility index (Phi) is 2.70. The van der Waals surface area contributed by atoms with Crippen LogP contribution in [0.1, 0.15) is 10.5 Å². The summed E-state index contributed by atoms with van der Waals surface area (Å²) in [6, 6.07) is 6.09. The van der Waals surface area contributed by atoms with Crippen LogP contribution in [0.5, 0.6) is 0 Å². The first-order valence-electron chi connectivity index (χ1n) is 5.52. The number of carboxylic acid groups (broad SMARTS) is 1. The fraction of sp³-hybridized carbons (Fsp3) is 0.167. The molecule has 0 saturated carbocycles. The second-order valence-electron chi connectivity index (χ2n) is 4.18. The van der Waals surface area contributed by atoms with Gasteiger partial charge in [-0.15, -0.1) is 11.8 Å². The number of aromatic amines is 1. The van der Waals surface area contributed by atoms with E-state index in [9.17, 15) is 14.0 Å².